The summed E-state index contributed by atoms with van der Waals surface area (Å²) in [7, 11) is -2.00. The largest absolute Gasteiger partial charge is 0.496 e. The van der Waals surface area contributed by atoms with Crippen LogP contribution in [0.1, 0.15) is 22.6 Å². The first-order chi connectivity index (χ1) is 10.3. The molecule has 0 aliphatic heterocycles. The fourth-order valence-corrected chi connectivity index (χ4v) is 3.54. The second kappa shape index (κ2) is 6.50. The van der Waals surface area contributed by atoms with E-state index in [1.54, 1.807) is 39.2 Å². The van der Waals surface area contributed by atoms with Gasteiger partial charge in [0, 0.05) is 19.0 Å². The molecule has 2 rings (SSSR count). The average Bonchev–Trinajstić information content (AvgIpc) is 2.86. The molecular formula is C15H20N2O4S. The first-order valence-corrected chi connectivity index (χ1v) is 8.39. The van der Waals surface area contributed by atoms with Gasteiger partial charge in [0.2, 0.25) is 10.0 Å². The Hall–Kier alpha value is -1.86. The number of hydrogen-bond donors (Lipinski definition) is 1. The van der Waals surface area contributed by atoms with E-state index in [1.165, 1.54) is 0 Å². The molecule has 6 nitrogen and oxygen atoms in total. The molecule has 1 N–H and O–H groups in total. The van der Waals surface area contributed by atoms with Gasteiger partial charge >= 0.3 is 0 Å². The van der Waals surface area contributed by atoms with Crippen LogP contribution in [0.25, 0.3) is 0 Å². The summed E-state index contributed by atoms with van der Waals surface area (Å²) in [5.74, 6) is 1.38. The molecular weight excluding hydrogens is 304 g/mol. The summed E-state index contributed by atoms with van der Waals surface area (Å²) in [5, 5.41) is 3.84. The van der Waals surface area contributed by atoms with Crippen molar-refractivity contribution in [2.75, 3.05) is 13.7 Å². The Labute approximate surface area is 130 Å². The molecule has 0 saturated heterocycles. The molecule has 0 bridgehead atoms. The number of methoxy groups -OCH3 is 1. The zero-order valence-corrected chi connectivity index (χ0v) is 14.0. The van der Waals surface area contributed by atoms with Crippen molar-refractivity contribution < 1.29 is 17.7 Å². The molecule has 0 spiro atoms. The zero-order valence-electron chi connectivity index (χ0n) is 13.1. The highest BCUT2D eigenvalue weighted by Gasteiger charge is 2.18. The summed E-state index contributed by atoms with van der Waals surface area (Å²) >= 11 is 0. The minimum atomic E-state index is -3.57. The van der Waals surface area contributed by atoms with Gasteiger partial charge in [0.15, 0.2) is 0 Å². The van der Waals surface area contributed by atoms with E-state index in [4.69, 9.17) is 9.26 Å². The zero-order chi connectivity index (χ0) is 16.3. The van der Waals surface area contributed by atoms with E-state index in [9.17, 15) is 8.42 Å². The van der Waals surface area contributed by atoms with E-state index >= 15 is 0 Å². The summed E-state index contributed by atoms with van der Waals surface area (Å²) in [5.41, 5.74) is 2.15. The summed E-state index contributed by atoms with van der Waals surface area (Å²) in [6.07, 6.45) is 0.477. The predicted octanol–water partition coefficient (Wildman–Crippen LogP) is 2.13. The maximum Gasteiger partial charge on any atom is 0.240 e. The number of sulfonamides is 1. The second-order valence-corrected chi connectivity index (χ2v) is 6.90. The van der Waals surface area contributed by atoms with Gasteiger partial charge in [-0.05, 0) is 44.0 Å². The quantitative estimate of drug-likeness (QED) is 0.880. The Morgan fingerprint density at radius 2 is 1.91 bits per heavy atom. The van der Waals surface area contributed by atoms with Crippen LogP contribution in [0, 0.1) is 20.8 Å². The average molecular weight is 324 g/mol. The third-order valence-electron chi connectivity index (χ3n) is 3.33. The minimum absolute atomic E-state index is 0.263. The van der Waals surface area contributed by atoms with E-state index in [0.29, 0.717) is 23.5 Å². The SMILES string of the molecule is COc1cc(C)c(S(=O)(=O)NCCc2cc(C)on2)cc1C. The molecule has 0 radical (unpaired) electrons. The first-order valence-electron chi connectivity index (χ1n) is 6.90. The van der Waals surface area contributed by atoms with E-state index in [-0.39, 0.29) is 11.4 Å². The Balaban J connectivity index is 2.11. The normalized spacial score (nSPS) is 11.6. The summed E-state index contributed by atoms with van der Waals surface area (Å²) in [6, 6.07) is 5.14. The molecule has 0 aliphatic carbocycles. The Morgan fingerprint density at radius 3 is 2.50 bits per heavy atom. The summed E-state index contributed by atoms with van der Waals surface area (Å²) in [4.78, 5) is 0.266. The molecule has 1 aromatic heterocycles. The lowest BCUT2D eigenvalue weighted by atomic mass is 10.1. The third kappa shape index (κ3) is 3.66. The molecule has 22 heavy (non-hydrogen) atoms. The predicted molar refractivity (Wildman–Crippen MR) is 82.6 cm³/mol. The number of ether oxygens (including phenoxy) is 1. The highest BCUT2D eigenvalue weighted by molar-refractivity contribution is 7.89. The van der Waals surface area contributed by atoms with Crippen LogP contribution in [-0.2, 0) is 16.4 Å². The van der Waals surface area contributed by atoms with E-state index < -0.39 is 10.0 Å². The van der Waals surface area contributed by atoms with Crippen molar-refractivity contribution in [3.8, 4) is 5.75 Å². The maximum atomic E-state index is 12.4. The Kier molecular flexibility index (Phi) is 4.87. The van der Waals surface area contributed by atoms with Crippen molar-refractivity contribution in [3.63, 3.8) is 0 Å². The fraction of sp³-hybridized carbons (Fsp3) is 0.400. The molecule has 1 heterocycles. The van der Waals surface area contributed by atoms with Gasteiger partial charge in [-0.15, -0.1) is 0 Å². The lowest BCUT2D eigenvalue weighted by molar-refractivity contribution is 0.390. The molecule has 0 atom stereocenters. The minimum Gasteiger partial charge on any atom is -0.496 e. The number of hydrogen-bond acceptors (Lipinski definition) is 5. The number of benzene rings is 1. The third-order valence-corrected chi connectivity index (χ3v) is 4.93. The van der Waals surface area contributed by atoms with Crippen LogP contribution in [0.5, 0.6) is 5.75 Å². The highest BCUT2D eigenvalue weighted by atomic mass is 32.2. The summed E-state index contributed by atoms with van der Waals surface area (Å²) in [6.45, 7) is 5.62. The van der Waals surface area contributed by atoms with Crippen molar-refractivity contribution in [3.05, 3.63) is 40.8 Å². The molecule has 120 valence electrons. The molecule has 0 amide bonds. The maximum absolute atomic E-state index is 12.4. The van der Waals surface area contributed by atoms with Crippen LogP contribution >= 0.6 is 0 Å². The molecule has 2 aromatic rings. The van der Waals surface area contributed by atoms with E-state index in [0.717, 1.165) is 11.3 Å². The standard InChI is InChI=1S/C15H20N2O4S/c1-10-8-15(11(2)7-14(10)20-4)22(18,19)16-6-5-13-9-12(3)21-17-13/h7-9,16H,5-6H2,1-4H3. The van der Waals surface area contributed by atoms with Crippen LogP contribution in [0.3, 0.4) is 0 Å². The number of nitrogens with one attached hydrogen (secondary N) is 1. The monoisotopic (exact) mass is 324 g/mol. The first kappa shape index (κ1) is 16.5. The van der Waals surface area contributed by atoms with Gasteiger partial charge < -0.3 is 9.26 Å². The second-order valence-electron chi connectivity index (χ2n) is 5.16. The fourth-order valence-electron chi connectivity index (χ4n) is 2.20. The smallest absolute Gasteiger partial charge is 0.240 e. The highest BCUT2D eigenvalue weighted by Crippen LogP contribution is 2.25. The Bertz CT molecular complexity index is 766. The summed E-state index contributed by atoms with van der Waals surface area (Å²) < 4.78 is 37.5. The van der Waals surface area contributed by atoms with Gasteiger partial charge in [-0.1, -0.05) is 5.16 Å². The number of aryl methyl sites for hydroxylation is 3. The van der Waals surface area contributed by atoms with Gasteiger partial charge in [-0.2, -0.15) is 0 Å². The Morgan fingerprint density at radius 1 is 1.18 bits per heavy atom. The molecule has 0 unspecified atom stereocenters. The van der Waals surface area contributed by atoms with Gasteiger partial charge in [0.05, 0.1) is 17.7 Å². The van der Waals surface area contributed by atoms with Gasteiger partial charge in [0.1, 0.15) is 11.5 Å². The van der Waals surface area contributed by atoms with Crippen molar-refractivity contribution >= 4 is 10.0 Å². The van der Waals surface area contributed by atoms with Gasteiger partial charge in [0.25, 0.3) is 0 Å². The molecule has 7 heteroatoms. The number of nitrogens with zero attached hydrogens (tertiary/aromatic N) is 1. The van der Waals surface area contributed by atoms with Gasteiger partial charge in [-0.3, -0.25) is 0 Å². The number of rotatable bonds is 6. The van der Waals surface area contributed by atoms with Crippen molar-refractivity contribution in [1.29, 1.82) is 0 Å². The van der Waals surface area contributed by atoms with E-state index in [1.807, 2.05) is 6.92 Å². The van der Waals surface area contributed by atoms with E-state index in [2.05, 4.69) is 9.88 Å². The van der Waals surface area contributed by atoms with Crippen molar-refractivity contribution in [2.45, 2.75) is 32.1 Å². The van der Waals surface area contributed by atoms with Crippen LogP contribution < -0.4 is 9.46 Å². The van der Waals surface area contributed by atoms with Crippen LogP contribution in [0.4, 0.5) is 0 Å². The lowest BCUT2D eigenvalue weighted by Crippen LogP contribution is -2.26. The topological polar surface area (TPSA) is 81.4 Å². The molecule has 0 aliphatic rings. The molecule has 0 saturated carbocycles. The van der Waals surface area contributed by atoms with Crippen molar-refractivity contribution in [2.24, 2.45) is 0 Å². The van der Waals surface area contributed by atoms with Gasteiger partial charge in [-0.25, -0.2) is 13.1 Å². The van der Waals surface area contributed by atoms with Crippen LogP contribution in [0.15, 0.2) is 27.6 Å². The van der Waals surface area contributed by atoms with Crippen LogP contribution in [0.2, 0.25) is 0 Å². The molecule has 0 fully saturated rings. The number of aromatic nitrogens is 1. The molecule has 1 aromatic carbocycles. The van der Waals surface area contributed by atoms with Crippen molar-refractivity contribution in [1.82, 2.24) is 9.88 Å². The van der Waals surface area contributed by atoms with Crippen LogP contribution in [-0.4, -0.2) is 27.2 Å². The lowest BCUT2D eigenvalue weighted by Gasteiger charge is -2.12.